The number of allylic oxidation sites excluding steroid dienone is 1. The number of phenols is 1. The fourth-order valence-electron chi connectivity index (χ4n) is 5.46. The average Bonchev–Trinajstić information content (AvgIpc) is 2.49. The molecule has 3 atom stereocenters. The van der Waals surface area contributed by atoms with Crippen LogP contribution in [0.3, 0.4) is 0 Å². The number of aromatic hydroxyl groups is 1. The zero-order valence-electron chi connectivity index (χ0n) is 16.5. The smallest absolute Gasteiger partial charge is 0.115 e. The number of quaternary nitrogens is 1. The van der Waals surface area contributed by atoms with Gasteiger partial charge in [0, 0.05) is 23.7 Å². The quantitative estimate of drug-likeness (QED) is 0.610. The van der Waals surface area contributed by atoms with Crippen LogP contribution in [-0.4, -0.2) is 35.3 Å². The molecule has 1 aliphatic carbocycles. The predicted octanol–water partition coefficient (Wildman–Crippen LogP) is 4.81. The van der Waals surface area contributed by atoms with Gasteiger partial charge in [-0.1, -0.05) is 32.4 Å². The van der Waals surface area contributed by atoms with Gasteiger partial charge in [0.1, 0.15) is 11.3 Å². The Bertz CT molecular complexity index is 700. The van der Waals surface area contributed by atoms with E-state index < -0.39 is 0 Å². The van der Waals surface area contributed by atoms with Crippen LogP contribution >= 0.6 is 0 Å². The van der Waals surface area contributed by atoms with Gasteiger partial charge in [-0.15, -0.1) is 0 Å². The standard InChI is InChI=1S/C22H33NO/c1-16(2)10-12-23(7)13-11-21(5)19-14-18(24)9-8-17(19)15-22(23,6)20(21,3)4/h8-10,14H,11-13,15H2,1-7H3/p+1. The Balaban J connectivity index is 2.19. The Kier molecular flexibility index (Phi) is 3.73. The minimum Gasteiger partial charge on any atom is -0.508 e. The SMILES string of the molecule is CC(C)=CC[N+]1(C)CCC2(C)c3cc(O)ccc3CC1(C)C2(C)C. The van der Waals surface area contributed by atoms with Crippen molar-refractivity contribution >= 4 is 0 Å². The van der Waals surface area contributed by atoms with Crippen LogP contribution in [0, 0.1) is 5.41 Å². The third kappa shape index (κ3) is 2.05. The number of likely N-dealkylation sites (tertiary alicyclic amines) is 1. The summed E-state index contributed by atoms with van der Waals surface area (Å²) < 4.78 is 1.10. The van der Waals surface area contributed by atoms with Gasteiger partial charge < -0.3 is 9.59 Å². The van der Waals surface area contributed by atoms with E-state index in [1.165, 1.54) is 29.7 Å². The van der Waals surface area contributed by atoms with Gasteiger partial charge in [0.2, 0.25) is 0 Å². The Morgan fingerprint density at radius 1 is 1.21 bits per heavy atom. The molecule has 3 unspecified atom stereocenters. The summed E-state index contributed by atoms with van der Waals surface area (Å²) in [5.41, 5.74) is 4.65. The number of hydrogen-bond acceptors (Lipinski definition) is 1. The highest BCUT2D eigenvalue weighted by molar-refractivity contribution is 5.46. The summed E-state index contributed by atoms with van der Waals surface area (Å²) in [7, 11) is 2.45. The Labute approximate surface area is 147 Å². The van der Waals surface area contributed by atoms with E-state index in [1.807, 2.05) is 12.1 Å². The maximum atomic E-state index is 10.1. The third-order valence-corrected chi connectivity index (χ3v) is 8.15. The fourth-order valence-corrected chi connectivity index (χ4v) is 5.46. The van der Waals surface area contributed by atoms with Crippen molar-refractivity contribution in [3.63, 3.8) is 0 Å². The van der Waals surface area contributed by atoms with E-state index in [2.05, 4.69) is 60.7 Å². The molecule has 2 bridgehead atoms. The van der Waals surface area contributed by atoms with Gasteiger partial charge in [-0.2, -0.15) is 0 Å². The number of rotatable bonds is 2. The summed E-state index contributed by atoms with van der Waals surface area (Å²) in [4.78, 5) is 0. The molecule has 1 heterocycles. The molecule has 0 aromatic heterocycles. The molecule has 0 saturated carbocycles. The van der Waals surface area contributed by atoms with E-state index in [-0.39, 0.29) is 16.4 Å². The van der Waals surface area contributed by atoms with Gasteiger partial charge in [0.15, 0.2) is 0 Å². The molecule has 2 aliphatic rings. The van der Waals surface area contributed by atoms with E-state index in [0.29, 0.717) is 5.75 Å². The number of phenolic OH excluding ortho intramolecular Hbond substituents is 1. The van der Waals surface area contributed by atoms with Crippen molar-refractivity contribution in [2.75, 3.05) is 20.1 Å². The minimum absolute atomic E-state index is 0.108. The maximum absolute atomic E-state index is 10.1. The van der Waals surface area contributed by atoms with E-state index in [1.54, 1.807) is 0 Å². The van der Waals surface area contributed by atoms with Gasteiger partial charge in [0.25, 0.3) is 0 Å². The normalized spacial score (nSPS) is 36.8. The van der Waals surface area contributed by atoms with Crippen LogP contribution in [0.4, 0.5) is 0 Å². The Morgan fingerprint density at radius 2 is 1.88 bits per heavy atom. The molecule has 0 spiro atoms. The van der Waals surface area contributed by atoms with Crippen molar-refractivity contribution in [3.8, 4) is 5.75 Å². The lowest BCUT2D eigenvalue weighted by molar-refractivity contribution is -0.969. The lowest BCUT2D eigenvalue weighted by atomic mass is 9.45. The number of benzene rings is 1. The van der Waals surface area contributed by atoms with E-state index >= 15 is 0 Å². The summed E-state index contributed by atoms with van der Waals surface area (Å²) in [6, 6.07) is 6.05. The van der Waals surface area contributed by atoms with Crippen LogP contribution in [0.5, 0.6) is 5.75 Å². The summed E-state index contributed by atoms with van der Waals surface area (Å²) in [5.74, 6) is 0.404. The Morgan fingerprint density at radius 3 is 2.50 bits per heavy atom. The molecule has 0 amide bonds. The van der Waals surface area contributed by atoms with Crippen molar-refractivity contribution in [2.24, 2.45) is 5.41 Å². The number of hydrogen-bond donors (Lipinski definition) is 1. The number of likely N-dealkylation sites (N-methyl/N-ethyl adjacent to an activating group) is 1. The highest BCUT2D eigenvalue weighted by Gasteiger charge is 2.67. The minimum atomic E-state index is 0.108. The molecule has 24 heavy (non-hydrogen) atoms. The average molecular weight is 329 g/mol. The van der Waals surface area contributed by atoms with Crippen LogP contribution in [0.2, 0.25) is 0 Å². The first-order valence-electron chi connectivity index (χ1n) is 9.27. The number of fused-ring (bicyclic) bond motifs is 4. The topological polar surface area (TPSA) is 20.2 Å². The second-order valence-electron chi connectivity index (χ2n) is 9.58. The Hall–Kier alpha value is -1.28. The van der Waals surface area contributed by atoms with E-state index in [9.17, 15) is 5.11 Å². The van der Waals surface area contributed by atoms with E-state index in [4.69, 9.17) is 0 Å². The molecule has 3 rings (SSSR count). The summed E-state index contributed by atoms with van der Waals surface area (Å²) in [6.07, 6.45) is 4.66. The first kappa shape index (κ1) is 17.5. The van der Waals surface area contributed by atoms with Crippen molar-refractivity contribution in [1.82, 2.24) is 0 Å². The number of piperidine rings is 1. The number of nitrogens with zero attached hydrogens (tertiary/aromatic N) is 1. The molecule has 1 fully saturated rings. The van der Waals surface area contributed by atoms with Crippen molar-refractivity contribution in [2.45, 2.75) is 65.3 Å². The summed E-state index contributed by atoms with van der Waals surface area (Å²) in [5, 5.41) is 10.1. The highest BCUT2D eigenvalue weighted by Crippen LogP contribution is 2.63. The van der Waals surface area contributed by atoms with E-state index in [0.717, 1.165) is 17.4 Å². The van der Waals surface area contributed by atoms with Gasteiger partial charge in [-0.3, -0.25) is 0 Å². The molecule has 0 radical (unpaired) electrons. The zero-order valence-corrected chi connectivity index (χ0v) is 16.5. The maximum Gasteiger partial charge on any atom is 0.115 e. The largest absolute Gasteiger partial charge is 0.508 e. The molecule has 1 aromatic carbocycles. The molecular formula is C22H34NO+. The molecule has 1 saturated heterocycles. The first-order chi connectivity index (χ1) is 11.0. The van der Waals surface area contributed by atoms with Crippen LogP contribution < -0.4 is 0 Å². The molecule has 132 valence electrons. The van der Waals surface area contributed by atoms with Gasteiger partial charge in [-0.25, -0.2) is 0 Å². The molecule has 2 heteroatoms. The zero-order chi connectivity index (χ0) is 18.0. The summed E-state index contributed by atoms with van der Waals surface area (Å²) >= 11 is 0. The molecular weight excluding hydrogens is 294 g/mol. The lowest BCUT2D eigenvalue weighted by Gasteiger charge is -2.68. The van der Waals surface area contributed by atoms with Crippen LogP contribution in [0.1, 0.15) is 59.1 Å². The molecule has 2 nitrogen and oxygen atoms in total. The van der Waals surface area contributed by atoms with Crippen LogP contribution in [0.25, 0.3) is 0 Å². The monoisotopic (exact) mass is 328 g/mol. The third-order valence-electron chi connectivity index (χ3n) is 8.15. The van der Waals surface area contributed by atoms with Crippen LogP contribution in [-0.2, 0) is 11.8 Å². The second kappa shape index (κ2) is 5.11. The van der Waals surface area contributed by atoms with Crippen molar-refractivity contribution in [3.05, 3.63) is 41.0 Å². The second-order valence-corrected chi connectivity index (χ2v) is 9.58. The first-order valence-corrected chi connectivity index (χ1v) is 9.27. The lowest BCUT2D eigenvalue weighted by Crippen LogP contribution is -2.77. The van der Waals surface area contributed by atoms with Crippen molar-refractivity contribution in [1.29, 1.82) is 0 Å². The highest BCUT2D eigenvalue weighted by atomic mass is 16.3. The fraction of sp³-hybridized carbons (Fsp3) is 0.636. The van der Waals surface area contributed by atoms with Crippen LogP contribution in [0.15, 0.2) is 29.8 Å². The molecule has 1 aromatic rings. The van der Waals surface area contributed by atoms with Gasteiger partial charge in [0.05, 0.1) is 20.1 Å². The van der Waals surface area contributed by atoms with Crippen molar-refractivity contribution < 1.29 is 9.59 Å². The van der Waals surface area contributed by atoms with Gasteiger partial charge >= 0.3 is 0 Å². The molecule has 1 aliphatic heterocycles. The molecule has 1 N–H and O–H groups in total. The predicted molar refractivity (Wildman–Crippen MR) is 101 cm³/mol. The van der Waals surface area contributed by atoms with Gasteiger partial charge in [-0.05, 0) is 50.1 Å². The summed E-state index contributed by atoms with van der Waals surface area (Å²) in [6.45, 7) is 16.5.